The maximum Gasteiger partial charge on any atom is 0.123 e. The van der Waals surface area contributed by atoms with Crippen molar-refractivity contribution >= 4 is 0 Å². The summed E-state index contributed by atoms with van der Waals surface area (Å²) in [7, 11) is 0. The van der Waals surface area contributed by atoms with Gasteiger partial charge in [-0.3, -0.25) is 4.98 Å². The molecule has 0 fully saturated rings. The third-order valence-electron chi connectivity index (χ3n) is 3.33. The van der Waals surface area contributed by atoms with Gasteiger partial charge in [0.25, 0.3) is 0 Å². The summed E-state index contributed by atoms with van der Waals surface area (Å²) in [4.78, 5) is 8.12. The van der Waals surface area contributed by atoms with Crippen LogP contribution in [0, 0.1) is 5.82 Å². The van der Waals surface area contributed by atoms with Gasteiger partial charge < -0.3 is 4.57 Å². The summed E-state index contributed by atoms with van der Waals surface area (Å²) in [5.41, 5.74) is 2.23. The number of hydrogen-bond acceptors (Lipinski definition) is 2. The Bertz CT molecular complexity index is 648. The van der Waals surface area contributed by atoms with Crippen LogP contribution in [0.4, 0.5) is 4.39 Å². The van der Waals surface area contributed by atoms with E-state index in [0.717, 1.165) is 17.7 Å². The lowest BCUT2D eigenvalue weighted by atomic mass is 9.92. The molecule has 1 aromatic carbocycles. The van der Waals surface area contributed by atoms with Crippen LogP contribution < -0.4 is 0 Å². The molecule has 100 valence electrons. The molecule has 3 nitrogen and oxygen atoms in total. The molecule has 20 heavy (non-hydrogen) atoms. The highest BCUT2D eigenvalue weighted by Gasteiger charge is 2.14. The summed E-state index contributed by atoms with van der Waals surface area (Å²) in [5.74, 6) is -0.0716. The zero-order chi connectivity index (χ0) is 13.8. The lowest BCUT2D eigenvalue weighted by molar-refractivity contribution is 0.611. The first kappa shape index (κ1) is 12.5. The fourth-order valence-electron chi connectivity index (χ4n) is 2.30. The maximum atomic E-state index is 13.1. The molecule has 0 saturated heterocycles. The van der Waals surface area contributed by atoms with E-state index in [1.165, 1.54) is 12.1 Å². The van der Waals surface area contributed by atoms with E-state index in [1.807, 2.05) is 35.0 Å². The van der Waals surface area contributed by atoms with E-state index in [0.29, 0.717) is 0 Å². The number of halogens is 1. The van der Waals surface area contributed by atoms with Gasteiger partial charge in [-0.05, 0) is 35.4 Å². The van der Waals surface area contributed by atoms with Crippen LogP contribution >= 0.6 is 0 Å². The number of aromatic nitrogens is 3. The van der Waals surface area contributed by atoms with Gasteiger partial charge in [0.2, 0.25) is 0 Å². The molecule has 2 aromatic heterocycles. The predicted octanol–water partition coefficient (Wildman–Crippen LogP) is 3.25. The van der Waals surface area contributed by atoms with Gasteiger partial charge in [-0.25, -0.2) is 9.37 Å². The lowest BCUT2D eigenvalue weighted by Crippen LogP contribution is -2.09. The van der Waals surface area contributed by atoms with E-state index in [4.69, 9.17) is 0 Å². The number of benzene rings is 1. The van der Waals surface area contributed by atoms with E-state index in [-0.39, 0.29) is 11.7 Å². The molecule has 3 aromatic rings. The first-order valence-corrected chi connectivity index (χ1v) is 6.44. The van der Waals surface area contributed by atoms with Crippen LogP contribution in [-0.2, 0) is 6.54 Å². The van der Waals surface area contributed by atoms with Gasteiger partial charge in [0.05, 0.1) is 6.33 Å². The Hall–Kier alpha value is -2.49. The second-order valence-corrected chi connectivity index (χ2v) is 4.64. The standard InChI is InChI=1S/C16H14FN3/c17-15-3-1-13(2-4-15)16(11-20-10-9-19-12-20)14-5-7-18-8-6-14/h1-10,12,16H,11H2. The minimum absolute atomic E-state index is 0.146. The Balaban J connectivity index is 1.97. The molecule has 1 unspecified atom stereocenters. The van der Waals surface area contributed by atoms with Crippen LogP contribution in [0.25, 0.3) is 0 Å². The van der Waals surface area contributed by atoms with Gasteiger partial charge in [-0.1, -0.05) is 12.1 Å². The first-order chi connectivity index (χ1) is 9.83. The lowest BCUT2D eigenvalue weighted by Gasteiger charge is -2.18. The summed E-state index contributed by atoms with van der Waals surface area (Å²) in [6.07, 6.45) is 9.03. The zero-order valence-electron chi connectivity index (χ0n) is 10.9. The Morgan fingerprint density at radius 2 is 1.60 bits per heavy atom. The third kappa shape index (κ3) is 2.74. The van der Waals surface area contributed by atoms with Gasteiger partial charge in [0, 0.05) is 37.3 Å². The monoisotopic (exact) mass is 267 g/mol. The fraction of sp³-hybridized carbons (Fsp3) is 0.125. The van der Waals surface area contributed by atoms with Crippen LogP contribution in [0.2, 0.25) is 0 Å². The molecule has 0 bridgehead atoms. The molecule has 0 N–H and O–H groups in total. The average molecular weight is 267 g/mol. The van der Waals surface area contributed by atoms with Crippen LogP contribution in [0.15, 0.2) is 67.5 Å². The summed E-state index contributed by atoms with van der Waals surface area (Å²) in [5, 5.41) is 0. The number of pyridine rings is 1. The van der Waals surface area contributed by atoms with Gasteiger partial charge in [-0.15, -0.1) is 0 Å². The molecule has 0 amide bonds. The molecule has 0 saturated carbocycles. The highest BCUT2D eigenvalue weighted by Crippen LogP contribution is 2.26. The van der Waals surface area contributed by atoms with Crippen molar-refractivity contribution in [3.63, 3.8) is 0 Å². The first-order valence-electron chi connectivity index (χ1n) is 6.44. The van der Waals surface area contributed by atoms with Crippen molar-refractivity contribution in [3.8, 4) is 0 Å². The number of imidazole rings is 1. The quantitative estimate of drug-likeness (QED) is 0.726. The van der Waals surface area contributed by atoms with Crippen molar-refractivity contribution in [1.29, 1.82) is 0 Å². The van der Waals surface area contributed by atoms with Crippen molar-refractivity contribution < 1.29 is 4.39 Å². The molecular formula is C16H14FN3. The summed E-state index contributed by atoms with van der Waals surface area (Å²) in [6.45, 7) is 0.760. The van der Waals surface area contributed by atoms with Gasteiger partial charge in [0.15, 0.2) is 0 Å². The van der Waals surface area contributed by atoms with E-state index in [2.05, 4.69) is 9.97 Å². The van der Waals surface area contributed by atoms with Crippen LogP contribution in [0.1, 0.15) is 17.0 Å². The number of rotatable bonds is 4. The second kappa shape index (κ2) is 5.65. The van der Waals surface area contributed by atoms with Crippen molar-refractivity contribution in [2.24, 2.45) is 0 Å². The van der Waals surface area contributed by atoms with Gasteiger partial charge >= 0.3 is 0 Å². The summed E-state index contributed by atoms with van der Waals surface area (Å²) < 4.78 is 15.1. The fourth-order valence-corrected chi connectivity index (χ4v) is 2.30. The van der Waals surface area contributed by atoms with Crippen LogP contribution in [0.5, 0.6) is 0 Å². The molecule has 1 atom stereocenters. The smallest absolute Gasteiger partial charge is 0.123 e. The van der Waals surface area contributed by atoms with E-state index < -0.39 is 0 Å². The molecule has 0 radical (unpaired) electrons. The number of nitrogens with zero attached hydrogens (tertiary/aromatic N) is 3. The molecule has 3 rings (SSSR count). The molecule has 0 aliphatic carbocycles. The van der Waals surface area contributed by atoms with Crippen molar-refractivity contribution in [2.75, 3.05) is 0 Å². The van der Waals surface area contributed by atoms with Gasteiger partial charge in [0.1, 0.15) is 5.82 Å². The number of hydrogen-bond donors (Lipinski definition) is 0. The Morgan fingerprint density at radius 1 is 0.900 bits per heavy atom. The average Bonchev–Trinajstić information content (AvgIpc) is 3.00. The zero-order valence-corrected chi connectivity index (χ0v) is 10.9. The molecule has 4 heteroatoms. The topological polar surface area (TPSA) is 30.7 Å². The van der Waals surface area contributed by atoms with E-state index in [1.54, 1.807) is 24.9 Å². The van der Waals surface area contributed by atoms with Crippen molar-refractivity contribution in [1.82, 2.24) is 14.5 Å². The van der Waals surface area contributed by atoms with Crippen molar-refractivity contribution in [2.45, 2.75) is 12.5 Å². The maximum absolute atomic E-state index is 13.1. The van der Waals surface area contributed by atoms with Crippen molar-refractivity contribution in [3.05, 3.63) is 84.5 Å². The molecule has 2 heterocycles. The highest BCUT2D eigenvalue weighted by molar-refractivity contribution is 5.31. The second-order valence-electron chi connectivity index (χ2n) is 4.64. The summed E-state index contributed by atoms with van der Waals surface area (Å²) >= 11 is 0. The summed E-state index contributed by atoms with van der Waals surface area (Å²) in [6, 6.07) is 10.6. The van der Waals surface area contributed by atoms with Crippen LogP contribution in [-0.4, -0.2) is 14.5 Å². The molecule has 0 spiro atoms. The Morgan fingerprint density at radius 3 is 2.25 bits per heavy atom. The normalized spacial score (nSPS) is 12.2. The Kier molecular flexibility index (Phi) is 3.54. The third-order valence-corrected chi connectivity index (χ3v) is 3.33. The Labute approximate surface area is 116 Å². The SMILES string of the molecule is Fc1ccc(C(Cn2ccnc2)c2ccncc2)cc1. The van der Waals surface area contributed by atoms with E-state index in [9.17, 15) is 4.39 Å². The predicted molar refractivity (Wildman–Crippen MR) is 74.7 cm³/mol. The van der Waals surface area contributed by atoms with E-state index >= 15 is 0 Å². The van der Waals surface area contributed by atoms with Crippen LogP contribution in [0.3, 0.4) is 0 Å². The minimum Gasteiger partial charge on any atom is -0.337 e. The molecular weight excluding hydrogens is 253 g/mol. The minimum atomic E-state index is -0.218. The molecule has 0 aliphatic heterocycles. The highest BCUT2D eigenvalue weighted by atomic mass is 19.1. The van der Waals surface area contributed by atoms with Gasteiger partial charge in [-0.2, -0.15) is 0 Å². The molecule has 0 aliphatic rings. The largest absolute Gasteiger partial charge is 0.337 e.